The van der Waals surface area contributed by atoms with Gasteiger partial charge in [-0.2, -0.15) is 0 Å². The minimum atomic E-state index is 0.126. The van der Waals surface area contributed by atoms with E-state index in [4.69, 9.17) is 20.9 Å². The van der Waals surface area contributed by atoms with Crippen molar-refractivity contribution in [3.8, 4) is 11.3 Å². The molecule has 2 aromatic heterocycles. The van der Waals surface area contributed by atoms with Gasteiger partial charge in [0.25, 0.3) is 0 Å². The molecule has 2 fully saturated rings. The molecule has 0 amide bonds. The van der Waals surface area contributed by atoms with Crippen molar-refractivity contribution in [3.05, 3.63) is 34.3 Å². The van der Waals surface area contributed by atoms with E-state index < -0.39 is 0 Å². The third kappa shape index (κ3) is 3.48. The van der Waals surface area contributed by atoms with E-state index in [1.807, 2.05) is 6.92 Å². The number of carbonyl (C=O) groups is 1. The van der Waals surface area contributed by atoms with Crippen molar-refractivity contribution in [2.24, 2.45) is 0 Å². The summed E-state index contributed by atoms with van der Waals surface area (Å²) in [4.78, 5) is 15.5. The van der Waals surface area contributed by atoms with Gasteiger partial charge in [0.05, 0.1) is 17.7 Å². The molecule has 132 valence electrons. The van der Waals surface area contributed by atoms with Gasteiger partial charge in [0, 0.05) is 42.3 Å². The van der Waals surface area contributed by atoms with Gasteiger partial charge in [-0.25, -0.2) is 0 Å². The molecule has 0 spiro atoms. The summed E-state index contributed by atoms with van der Waals surface area (Å²) >= 11 is 6.38. The molecule has 2 aliphatic carbocycles. The Balaban J connectivity index is 1.61. The van der Waals surface area contributed by atoms with E-state index in [-0.39, 0.29) is 6.10 Å². The molecular formula is C19H21ClN2O3. The molecular weight excluding hydrogens is 340 g/mol. The first-order chi connectivity index (χ1) is 12.1. The fourth-order valence-corrected chi connectivity index (χ4v) is 3.73. The average Bonchev–Trinajstić information content (AvgIpc) is 3.36. The Morgan fingerprint density at radius 2 is 2.00 bits per heavy atom. The Morgan fingerprint density at radius 1 is 1.24 bits per heavy atom. The van der Waals surface area contributed by atoms with Crippen LogP contribution in [0.5, 0.6) is 0 Å². The lowest BCUT2D eigenvalue weighted by molar-refractivity contribution is -0.123. The van der Waals surface area contributed by atoms with Crippen LogP contribution in [0.2, 0.25) is 5.02 Å². The Labute approximate surface area is 151 Å². The zero-order valence-electron chi connectivity index (χ0n) is 14.3. The first kappa shape index (κ1) is 16.7. The summed E-state index contributed by atoms with van der Waals surface area (Å²) in [6.45, 7) is 2.42. The molecule has 2 aromatic rings. The topological polar surface area (TPSA) is 65.2 Å². The Hall–Kier alpha value is -1.72. The summed E-state index contributed by atoms with van der Waals surface area (Å²) in [5.74, 6) is 1.70. The average molecular weight is 361 g/mol. The van der Waals surface area contributed by atoms with Gasteiger partial charge in [0.1, 0.15) is 17.2 Å². The van der Waals surface area contributed by atoms with Crippen LogP contribution in [0.15, 0.2) is 16.9 Å². The number of ether oxygens (including phenoxy) is 1. The molecule has 0 radical (unpaired) electrons. The smallest absolute Gasteiger partial charge is 0.145 e. The summed E-state index contributed by atoms with van der Waals surface area (Å²) in [5.41, 5.74) is 3.59. The van der Waals surface area contributed by atoms with Crippen LogP contribution in [0.3, 0.4) is 0 Å². The molecule has 2 saturated carbocycles. The molecule has 0 aromatic carbocycles. The summed E-state index contributed by atoms with van der Waals surface area (Å²) in [7, 11) is 0. The van der Waals surface area contributed by atoms with E-state index in [1.54, 1.807) is 12.4 Å². The van der Waals surface area contributed by atoms with Crippen LogP contribution in [0, 0.1) is 6.92 Å². The van der Waals surface area contributed by atoms with Crippen LogP contribution in [-0.2, 0) is 16.1 Å². The van der Waals surface area contributed by atoms with E-state index in [1.165, 1.54) is 0 Å². The van der Waals surface area contributed by atoms with Crippen molar-refractivity contribution < 1.29 is 14.1 Å². The van der Waals surface area contributed by atoms with Crippen molar-refractivity contribution in [1.29, 1.82) is 0 Å². The molecule has 0 aliphatic heterocycles. The Kier molecular flexibility index (Phi) is 4.61. The number of aromatic nitrogens is 2. The lowest BCUT2D eigenvalue weighted by Crippen LogP contribution is -2.21. The monoisotopic (exact) mass is 360 g/mol. The maximum atomic E-state index is 11.4. The number of ketones is 1. The number of Topliss-reactive ketones (excluding diaryl/α,β-unsaturated/α-hetero) is 1. The molecule has 2 heterocycles. The van der Waals surface area contributed by atoms with Gasteiger partial charge in [0.2, 0.25) is 0 Å². The lowest BCUT2D eigenvalue weighted by Gasteiger charge is -2.21. The van der Waals surface area contributed by atoms with Crippen molar-refractivity contribution in [2.75, 3.05) is 0 Å². The normalized spacial score (nSPS) is 18.7. The molecule has 0 N–H and O–H groups in total. The maximum absolute atomic E-state index is 11.4. The summed E-state index contributed by atoms with van der Waals surface area (Å²) in [5, 5.41) is 4.89. The largest absolute Gasteiger partial charge is 0.373 e. The quantitative estimate of drug-likeness (QED) is 0.779. The molecule has 0 bridgehead atoms. The highest BCUT2D eigenvalue weighted by molar-refractivity contribution is 6.33. The fourth-order valence-electron chi connectivity index (χ4n) is 3.44. The number of nitrogens with zero attached hydrogens (tertiary/aromatic N) is 2. The summed E-state index contributed by atoms with van der Waals surface area (Å²) in [6, 6.07) is 0. The number of hydrogen-bond donors (Lipinski definition) is 0. The van der Waals surface area contributed by atoms with E-state index in [2.05, 4.69) is 10.1 Å². The molecule has 0 saturated heterocycles. The first-order valence-electron chi connectivity index (χ1n) is 8.85. The Bertz CT molecular complexity index is 768. The van der Waals surface area contributed by atoms with Gasteiger partial charge in [-0.05, 0) is 38.2 Å². The van der Waals surface area contributed by atoms with Crippen molar-refractivity contribution in [2.45, 2.75) is 64.1 Å². The second kappa shape index (κ2) is 6.89. The minimum Gasteiger partial charge on any atom is -0.373 e. The predicted molar refractivity (Wildman–Crippen MR) is 93.5 cm³/mol. The molecule has 0 unspecified atom stereocenters. The third-order valence-electron chi connectivity index (χ3n) is 5.05. The van der Waals surface area contributed by atoms with Gasteiger partial charge in [0.15, 0.2) is 0 Å². The molecule has 6 heteroatoms. The number of rotatable bonds is 5. The number of halogens is 1. The number of aryl methyl sites for hydroxylation is 1. The highest BCUT2D eigenvalue weighted by Crippen LogP contribution is 2.45. The molecule has 4 rings (SSSR count). The maximum Gasteiger partial charge on any atom is 0.145 e. The van der Waals surface area contributed by atoms with Crippen LogP contribution < -0.4 is 0 Å². The second-order valence-corrected chi connectivity index (χ2v) is 7.42. The van der Waals surface area contributed by atoms with E-state index in [0.29, 0.717) is 36.2 Å². The van der Waals surface area contributed by atoms with Gasteiger partial charge < -0.3 is 9.26 Å². The van der Waals surface area contributed by atoms with Crippen molar-refractivity contribution in [1.82, 2.24) is 10.1 Å². The van der Waals surface area contributed by atoms with Crippen LogP contribution in [0.4, 0.5) is 0 Å². The molecule has 25 heavy (non-hydrogen) atoms. The third-order valence-corrected chi connectivity index (χ3v) is 5.33. The van der Waals surface area contributed by atoms with Crippen molar-refractivity contribution in [3.63, 3.8) is 0 Å². The standard InChI is InChI=1S/C19H21ClN2O3/c1-11-8-21-9-16(20)17(11)18-15(19(25-22-18)12-2-3-12)10-24-14-6-4-13(23)5-7-14/h8-9,12,14H,2-7,10H2,1H3. The number of hydrogen-bond acceptors (Lipinski definition) is 5. The zero-order valence-corrected chi connectivity index (χ0v) is 15.0. The number of carbonyl (C=O) groups excluding carboxylic acids is 1. The zero-order chi connectivity index (χ0) is 17.4. The fraction of sp³-hybridized carbons (Fsp3) is 0.526. The summed E-state index contributed by atoms with van der Waals surface area (Å²) in [6.07, 6.45) is 8.63. The van der Waals surface area contributed by atoms with Gasteiger partial charge >= 0.3 is 0 Å². The highest BCUT2D eigenvalue weighted by atomic mass is 35.5. The van der Waals surface area contributed by atoms with Crippen LogP contribution >= 0.6 is 11.6 Å². The van der Waals surface area contributed by atoms with Gasteiger partial charge in [-0.1, -0.05) is 16.8 Å². The second-order valence-electron chi connectivity index (χ2n) is 7.01. The Morgan fingerprint density at radius 3 is 2.68 bits per heavy atom. The van der Waals surface area contributed by atoms with E-state index in [9.17, 15) is 4.79 Å². The van der Waals surface area contributed by atoms with E-state index in [0.717, 1.165) is 53.8 Å². The molecule has 5 nitrogen and oxygen atoms in total. The number of pyridine rings is 1. The van der Waals surface area contributed by atoms with Gasteiger partial charge in [-0.3, -0.25) is 9.78 Å². The minimum absolute atomic E-state index is 0.126. The molecule has 0 atom stereocenters. The van der Waals surface area contributed by atoms with Crippen LogP contribution in [0.1, 0.15) is 61.3 Å². The first-order valence-corrected chi connectivity index (χ1v) is 9.23. The van der Waals surface area contributed by atoms with Gasteiger partial charge in [-0.15, -0.1) is 0 Å². The van der Waals surface area contributed by atoms with Crippen molar-refractivity contribution >= 4 is 17.4 Å². The summed E-state index contributed by atoms with van der Waals surface area (Å²) < 4.78 is 11.8. The van der Waals surface area contributed by atoms with E-state index >= 15 is 0 Å². The lowest BCUT2D eigenvalue weighted by atomic mass is 9.96. The SMILES string of the molecule is Cc1cncc(Cl)c1-c1noc(C2CC2)c1COC1CCC(=O)CC1. The molecule has 2 aliphatic rings. The van der Waals surface area contributed by atoms with Crippen LogP contribution in [0.25, 0.3) is 11.3 Å². The highest BCUT2D eigenvalue weighted by Gasteiger charge is 2.34. The predicted octanol–water partition coefficient (Wildman–Crippen LogP) is 4.60. The van der Waals surface area contributed by atoms with Crippen LogP contribution in [-0.4, -0.2) is 22.0 Å².